The summed E-state index contributed by atoms with van der Waals surface area (Å²) in [5.41, 5.74) is 2.80. The minimum absolute atomic E-state index is 0.278. The van der Waals surface area contributed by atoms with Gasteiger partial charge in [0.25, 0.3) is 11.8 Å². The van der Waals surface area contributed by atoms with Gasteiger partial charge in [0.05, 0.1) is 21.5 Å². The number of aryl methyl sites for hydroxylation is 1. The number of hydrogen-bond acceptors (Lipinski definition) is 5. The van der Waals surface area contributed by atoms with Crippen molar-refractivity contribution in [1.29, 1.82) is 0 Å². The van der Waals surface area contributed by atoms with Gasteiger partial charge in [0.2, 0.25) is 0 Å². The highest BCUT2D eigenvalue weighted by Crippen LogP contribution is 2.27. The minimum atomic E-state index is -0.376. The van der Waals surface area contributed by atoms with Gasteiger partial charge in [-0.2, -0.15) is 0 Å². The zero-order valence-corrected chi connectivity index (χ0v) is 15.8. The molecular weight excluding hydrogens is 372 g/mol. The lowest BCUT2D eigenvalue weighted by Gasteiger charge is -2.11. The van der Waals surface area contributed by atoms with Gasteiger partial charge in [0, 0.05) is 6.20 Å². The van der Waals surface area contributed by atoms with Crippen LogP contribution in [0.3, 0.4) is 0 Å². The molecular formula is C21H16N4O2S. The van der Waals surface area contributed by atoms with E-state index in [2.05, 4.69) is 20.6 Å². The van der Waals surface area contributed by atoms with Crippen LogP contribution in [0.2, 0.25) is 0 Å². The van der Waals surface area contributed by atoms with Crippen molar-refractivity contribution in [3.8, 4) is 0 Å². The van der Waals surface area contributed by atoms with Crippen LogP contribution in [0, 0.1) is 6.92 Å². The fraction of sp³-hybridized carbons (Fsp3) is 0.0476. The highest BCUT2D eigenvalue weighted by atomic mass is 32.1. The quantitative estimate of drug-likeness (QED) is 0.539. The number of fused-ring (bicyclic) bond motifs is 1. The molecule has 0 atom stereocenters. The Kier molecular flexibility index (Phi) is 4.82. The number of nitrogens with one attached hydrogen (secondary N) is 2. The molecule has 2 N–H and O–H groups in total. The Labute approximate surface area is 165 Å². The summed E-state index contributed by atoms with van der Waals surface area (Å²) >= 11 is 1.40. The number of hydrogen-bond donors (Lipinski definition) is 2. The van der Waals surface area contributed by atoms with Gasteiger partial charge in [-0.3, -0.25) is 19.9 Å². The number of aromatic nitrogens is 2. The van der Waals surface area contributed by atoms with Crippen molar-refractivity contribution in [2.24, 2.45) is 0 Å². The number of amides is 2. The molecule has 28 heavy (non-hydrogen) atoms. The van der Waals surface area contributed by atoms with E-state index in [1.807, 2.05) is 37.3 Å². The lowest BCUT2D eigenvalue weighted by molar-refractivity contribution is 0.102. The van der Waals surface area contributed by atoms with Gasteiger partial charge in [0.1, 0.15) is 5.69 Å². The first-order valence-corrected chi connectivity index (χ1v) is 9.42. The first-order valence-electron chi connectivity index (χ1n) is 8.60. The van der Waals surface area contributed by atoms with Crippen molar-refractivity contribution < 1.29 is 9.59 Å². The van der Waals surface area contributed by atoms with Crippen LogP contribution >= 0.6 is 11.3 Å². The van der Waals surface area contributed by atoms with Gasteiger partial charge in [-0.15, -0.1) is 0 Å². The van der Waals surface area contributed by atoms with E-state index in [1.165, 1.54) is 11.3 Å². The molecule has 7 heteroatoms. The van der Waals surface area contributed by atoms with Crippen molar-refractivity contribution in [3.05, 3.63) is 83.7 Å². The molecule has 2 amide bonds. The van der Waals surface area contributed by atoms with E-state index in [4.69, 9.17) is 0 Å². The Bertz CT molecular complexity index is 1140. The van der Waals surface area contributed by atoms with E-state index >= 15 is 0 Å². The first-order chi connectivity index (χ1) is 13.6. The molecule has 0 aliphatic heterocycles. The summed E-state index contributed by atoms with van der Waals surface area (Å²) in [7, 11) is 0. The predicted octanol–water partition coefficient (Wildman–Crippen LogP) is 4.50. The van der Waals surface area contributed by atoms with Gasteiger partial charge in [-0.05, 0) is 43.3 Å². The van der Waals surface area contributed by atoms with Crippen LogP contribution in [0.1, 0.15) is 26.4 Å². The van der Waals surface area contributed by atoms with Crippen LogP contribution in [0.4, 0.5) is 10.8 Å². The molecule has 0 unspecified atom stereocenters. The zero-order valence-electron chi connectivity index (χ0n) is 15.0. The third-order valence-electron chi connectivity index (χ3n) is 4.08. The van der Waals surface area contributed by atoms with Gasteiger partial charge in [-0.1, -0.05) is 41.2 Å². The minimum Gasteiger partial charge on any atom is -0.320 e. The molecule has 4 rings (SSSR count). The third kappa shape index (κ3) is 3.74. The zero-order chi connectivity index (χ0) is 19.5. The molecule has 0 saturated carbocycles. The maximum atomic E-state index is 12.9. The molecule has 6 nitrogen and oxygen atoms in total. The molecule has 138 valence electrons. The number of thiazole rings is 1. The number of rotatable bonds is 4. The number of anilines is 2. The second kappa shape index (κ2) is 7.58. The standard InChI is InChI=1S/C21H16N4O2S/c1-13-9-10-15(23-20(27)17-7-4-5-11-22-17)14(12-13)19(26)25-21-24-16-6-2-3-8-18(16)28-21/h2-12H,1H3,(H,23,27)(H,24,25,26). The van der Waals surface area contributed by atoms with Crippen LogP contribution in [-0.2, 0) is 0 Å². The molecule has 2 heterocycles. The Balaban J connectivity index is 1.60. The SMILES string of the molecule is Cc1ccc(NC(=O)c2ccccn2)c(C(=O)Nc2nc3ccccc3s2)c1. The van der Waals surface area contributed by atoms with Crippen LogP contribution in [0.25, 0.3) is 10.2 Å². The van der Waals surface area contributed by atoms with Crippen molar-refractivity contribution in [2.75, 3.05) is 10.6 Å². The summed E-state index contributed by atoms with van der Waals surface area (Å²) in [4.78, 5) is 33.8. The van der Waals surface area contributed by atoms with Crippen molar-refractivity contribution in [3.63, 3.8) is 0 Å². The maximum absolute atomic E-state index is 12.9. The van der Waals surface area contributed by atoms with E-state index in [0.29, 0.717) is 16.4 Å². The van der Waals surface area contributed by atoms with Crippen molar-refractivity contribution in [1.82, 2.24) is 9.97 Å². The van der Waals surface area contributed by atoms with Gasteiger partial charge in [-0.25, -0.2) is 4.98 Å². The molecule has 0 bridgehead atoms. The fourth-order valence-corrected chi connectivity index (χ4v) is 3.59. The van der Waals surface area contributed by atoms with Crippen molar-refractivity contribution >= 4 is 44.2 Å². The van der Waals surface area contributed by atoms with E-state index in [1.54, 1.807) is 36.5 Å². The number of benzene rings is 2. The number of pyridine rings is 1. The Hall–Kier alpha value is -3.58. The van der Waals surface area contributed by atoms with Crippen LogP contribution < -0.4 is 10.6 Å². The van der Waals surface area contributed by atoms with E-state index in [-0.39, 0.29) is 17.5 Å². The largest absolute Gasteiger partial charge is 0.320 e. The summed E-state index contributed by atoms with van der Waals surface area (Å²) in [5.74, 6) is -0.711. The molecule has 0 radical (unpaired) electrons. The molecule has 0 aliphatic carbocycles. The fourth-order valence-electron chi connectivity index (χ4n) is 2.73. The number of para-hydroxylation sites is 1. The van der Waals surface area contributed by atoms with Crippen molar-refractivity contribution in [2.45, 2.75) is 6.92 Å². The summed E-state index contributed by atoms with van der Waals surface area (Å²) < 4.78 is 0.991. The van der Waals surface area contributed by atoms with Gasteiger partial charge in [0.15, 0.2) is 5.13 Å². The summed E-state index contributed by atoms with van der Waals surface area (Å²) in [6, 6.07) is 18.0. The van der Waals surface area contributed by atoms with E-state index in [0.717, 1.165) is 15.8 Å². The smallest absolute Gasteiger partial charge is 0.274 e. The summed E-state index contributed by atoms with van der Waals surface area (Å²) in [5, 5.41) is 6.11. The normalized spacial score (nSPS) is 10.6. The summed E-state index contributed by atoms with van der Waals surface area (Å²) in [6.45, 7) is 1.89. The average Bonchev–Trinajstić information content (AvgIpc) is 3.12. The molecule has 2 aromatic carbocycles. The second-order valence-electron chi connectivity index (χ2n) is 6.16. The lowest BCUT2D eigenvalue weighted by Crippen LogP contribution is -2.19. The number of carbonyl (C=O) groups is 2. The Morgan fingerprint density at radius 1 is 0.929 bits per heavy atom. The Morgan fingerprint density at radius 2 is 1.75 bits per heavy atom. The predicted molar refractivity (Wildman–Crippen MR) is 111 cm³/mol. The maximum Gasteiger partial charge on any atom is 0.274 e. The monoisotopic (exact) mass is 388 g/mol. The molecule has 4 aromatic rings. The van der Waals surface area contributed by atoms with Crippen LogP contribution in [0.5, 0.6) is 0 Å². The van der Waals surface area contributed by atoms with Gasteiger partial charge < -0.3 is 5.32 Å². The first kappa shape index (κ1) is 17.8. The second-order valence-corrected chi connectivity index (χ2v) is 7.19. The van der Waals surface area contributed by atoms with Crippen LogP contribution in [-0.4, -0.2) is 21.8 Å². The molecule has 0 aliphatic rings. The molecule has 0 saturated heterocycles. The molecule has 0 fully saturated rings. The summed E-state index contributed by atoms with van der Waals surface area (Å²) in [6.07, 6.45) is 1.55. The number of nitrogens with zero attached hydrogens (tertiary/aromatic N) is 2. The topological polar surface area (TPSA) is 84.0 Å². The Morgan fingerprint density at radius 3 is 2.54 bits per heavy atom. The molecule has 0 spiro atoms. The average molecular weight is 388 g/mol. The van der Waals surface area contributed by atoms with Crippen LogP contribution in [0.15, 0.2) is 66.9 Å². The van der Waals surface area contributed by atoms with E-state index < -0.39 is 0 Å². The third-order valence-corrected chi connectivity index (χ3v) is 5.03. The van der Waals surface area contributed by atoms with Gasteiger partial charge >= 0.3 is 0 Å². The lowest BCUT2D eigenvalue weighted by atomic mass is 10.1. The molecule has 2 aromatic heterocycles. The number of carbonyl (C=O) groups excluding carboxylic acids is 2. The highest BCUT2D eigenvalue weighted by Gasteiger charge is 2.17. The highest BCUT2D eigenvalue weighted by molar-refractivity contribution is 7.22. The van der Waals surface area contributed by atoms with E-state index in [9.17, 15) is 9.59 Å².